The van der Waals surface area contributed by atoms with Crippen molar-refractivity contribution in [3.8, 4) is 5.75 Å². The van der Waals surface area contributed by atoms with Gasteiger partial charge in [-0.1, -0.05) is 11.3 Å². The highest BCUT2D eigenvalue weighted by Crippen LogP contribution is 2.29. The highest BCUT2D eigenvalue weighted by Gasteiger charge is 2.31. The first kappa shape index (κ1) is 17.9. The number of nitrogens with one attached hydrogen (secondary N) is 1. The molecule has 0 fully saturated rings. The number of anilines is 1. The van der Waals surface area contributed by atoms with Gasteiger partial charge in [-0.25, -0.2) is 4.98 Å². The molecule has 0 aliphatic carbocycles. The Morgan fingerprint density at radius 1 is 1.31 bits per heavy atom. The number of hydrogen-bond donors (Lipinski definition) is 1. The molecule has 2 aromatic heterocycles. The van der Waals surface area contributed by atoms with Gasteiger partial charge in [-0.05, 0) is 24.3 Å². The maximum Gasteiger partial charge on any atom is 0.417 e. The fourth-order valence-electron chi connectivity index (χ4n) is 2.22. The molecule has 0 atom stereocenters. The van der Waals surface area contributed by atoms with Gasteiger partial charge in [0.2, 0.25) is 5.91 Å². The normalized spacial score (nSPS) is 11.5. The number of fused-ring (bicyclic) bond motifs is 1. The SMILES string of the molecule is COc1ccc2nc(NC(=O)Cn3cc(C(F)(F)F)ccc3=O)sc2c1. The van der Waals surface area contributed by atoms with E-state index >= 15 is 0 Å². The number of nitrogens with zero attached hydrogens (tertiary/aromatic N) is 2. The van der Waals surface area contributed by atoms with E-state index < -0.39 is 29.8 Å². The zero-order chi connectivity index (χ0) is 18.9. The molecule has 0 unspecified atom stereocenters. The summed E-state index contributed by atoms with van der Waals surface area (Å²) in [5, 5.41) is 2.77. The molecule has 0 aliphatic rings. The zero-order valence-corrected chi connectivity index (χ0v) is 14.1. The first-order valence-electron chi connectivity index (χ1n) is 7.28. The van der Waals surface area contributed by atoms with Crippen LogP contribution < -0.4 is 15.6 Å². The Morgan fingerprint density at radius 2 is 2.08 bits per heavy atom. The van der Waals surface area contributed by atoms with Crippen LogP contribution in [0.15, 0.2) is 41.3 Å². The average Bonchev–Trinajstić information content (AvgIpc) is 2.96. The van der Waals surface area contributed by atoms with Crippen LogP contribution in [0.1, 0.15) is 5.56 Å². The van der Waals surface area contributed by atoms with Crippen LogP contribution in [0.2, 0.25) is 0 Å². The minimum absolute atomic E-state index is 0.276. The minimum Gasteiger partial charge on any atom is -0.497 e. The van der Waals surface area contributed by atoms with Crippen molar-refractivity contribution in [2.45, 2.75) is 12.7 Å². The van der Waals surface area contributed by atoms with E-state index in [2.05, 4.69) is 10.3 Å². The average molecular weight is 383 g/mol. The van der Waals surface area contributed by atoms with Crippen LogP contribution in [0.3, 0.4) is 0 Å². The summed E-state index contributed by atoms with van der Waals surface area (Å²) in [7, 11) is 1.53. The molecule has 0 aliphatic heterocycles. The number of thiazole rings is 1. The molecule has 136 valence electrons. The standard InChI is InChI=1S/C16H12F3N3O3S/c1-25-10-3-4-11-12(6-10)26-15(20-11)21-13(23)8-22-7-9(16(17,18)19)2-5-14(22)24/h2-7H,8H2,1H3,(H,20,21,23). The summed E-state index contributed by atoms with van der Waals surface area (Å²) in [5.74, 6) is -0.0213. The van der Waals surface area contributed by atoms with E-state index in [0.29, 0.717) is 28.1 Å². The molecule has 0 saturated carbocycles. The Kier molecular flexibility index (Phi) is 4.68. The molecule has 6 nitrogen and oxygen atoms in total. The largest absolute Gasteiger partial charge is 0.497 e. The lowest BCUT2D eigenvalue weighted by atomic mass is 10.3. The molecule has 3 aromatic rings. The lowest BCUT2D eigenvalue weighted by Gasteiger charge is -2.10. The van der Waals surface area contributed by atoms with Gasteiger partial charge in [0, 0.05) is 12.3 Å². The minimum atomic E-state index is -4.60. The number of benzene rings is 1. The van der Waals surface area contributed by atoms with E-state index in [1.165, 1.54) is 18.4 Å². The lowest BCUT2D eigenvalue weighted by molar-refractivity contribution is -0.138. The summed E-state index contributed by atoms with van der Waals surface area (Å²) in [4.78, 5) is 28.0. The topological polar surface area (TPSA) is 73.2 Å². The van der Waals surface area contributed by atoms with E-state index in [1.807, 2.05) is 0 Å². The van der Waals surface area contributed by atoms with Crippen molar-refractivity contribution >= 4 is 32.6 Å². The molecule has 0 saturated heterocycles. The number of pyridine rings is 1. The number of ether oxygens (including phenoxy) is 1. The summed E-state index contributed by atoms with van der Waals surface area (Å²) in [6.07, 6.45) is -3.98. The fourth-order valence-corrected chi connectivity index (χ4v) is 3.13. The van der Waals surface area contributed by atoms with Gasteiger partial charge >= 0.3 is 6.18 Å². The molecule has 2 heterocycles. The monoisotopic (exact) mass is 383 g/mol. The second-order valence-corrected chi connectivity index (χ2v) is 6.31. The van der Waals surface area contributed by atoms with Crippen LogP contribution in [-0.4, -0.2) is 22.6 Å². The van der Waals surface area contributed by atoms with E-state index in [0.717, 1.165) is 10.8 Å². The third-order valence-electron chi connectivity index (χ3n) is 3.47. The molecule has 1 N–H and O–H groups in total. The van der Waals surface area contributed by atoms with Gasteiger partial charge in [-0.3, -0.25) is 9.59 Å². The Hall–Kier alpha value is -2.88. The molecule has 0 spiro atoms. The predicted octanol–water partition coefficient (Wildman–Crippen LogP) is 3.12. The first-order chi connectivity index (χ1) is 12.3. The zero-order valence-electron chi connectivity index (χ0n) is 13.3. The number of amides is 1. The third-order valence-corrected chi connectivity index (χ3v) is 4.40. The van der Waals surface area contributed by atoms with Gasteiger partial charge in [0.05, 0.1) is 22.9 Å². The van der Waals surface area contributed by atoms with Crippen molar-refractivity contribution < 1.29 is 22.7 Å². The third kappa shape index (κ3) is 3.85. The van der Waals surface area contributed by atoms with Crippen LogP contribution in [0, 0.1) is 0 Å². The van der Waals surface area contributed by atoms with Crippen molar-refractivity contribution in [1.29, 1.82) is 0 Å². The van der Waals surface area contributed by atoms with Gasteiger partial charge in [0.1, 0.15) is 12.3 Å². The predicted molar refractivity (Wildman–Crippen MR) is 90.5 cm³/mol. The van der Waals surface area contributed by atoms with Crippen molar-refractivity contribution in [3.63, 3.8) is 0 Å². The number of halogens is 3. The van der Waals surface area contributed by atoms with Crippen LogP contribution in [0.5, 0.6) is 5.75 Å². The van der Waals surface area contributed by atoms with Gasteiger partial charge in [0.15, 0.2) is 5.13 Å². The van der Waals surface area contributed by atoms with Crippen molar-refractivity contribution in [3.05, 3.63) is 52.4 Å². The molecule has 1 amide bonds. The summed E-state index contributed by atoms with van der Waals surface area (Å²) in [5.41, 5.74) is -1.07. The van der Waals surface area contributed by atoms with Crippen LogP contribution >= 0.6 is 11.3 Å². The van der Waals surface area contributed by atoms with E-state index in [1.54, 1.807) is 18.2 Å². The number of alkyl halides is 3. The number of carbonyl (C=O) groups excluding carboxylic acids is 1. The number of aromatic nitrogens is 2. The number of rotatable bonds is 4. The molecule has 26 heavy (non-hydrogen) atoms. The van der Waals surface area contributed by atoms with Crippen molar-refractivity contribution in [2.24, 2.45) is 0 Å². The highest BCUT2D eigenvalue weighted by atomic mass is 32.1. The van der Waals surface area contributed by atoms with E-state index in [9.17, 15) is 22.8 Å². The van der Waals surface area contributed by atoms with Gasteiger partial charge in [0.25, 0.3) is 5.56 Å². The van der Waals surface area contributed by atoms with Crippen molar-refractivity contribution in [1.82, 2.24) is 9.55 Å². The first-order valence-corrected chi connectivity index (χ1v) is 8.10. The smallest absolute Gasteiger partial charge is 0.417 e. The fraction of sp³-hybridized carbons (Fsp3) is 0.188. The number of methoxy groups -OCH3 is 1. The van der Waals surface area contributed by atoms with Gasteiger partial charge < -0.3 is 14.6 Å². The summed E-state index contributed by atoms with van der Waals surface area (Å²) in [6.45, 7) is -0.554. The molecular weight excluding hydrogens is 371 g/mol. The van der Waals surface area contributed by atoms with Gasteiger partial charge in [-0.15, -0.1) is 0 Å². The molecule has 3 rings (SSSR count). The molecule has 10 heteroatoms. The van der Waals surface area contributed by atoms with E-state index in [4.69, 9.17) is 4.74 Å². The molecule has 0 radical (unpaired) electrons. The van der Waals surface area contributed by atoms with Gasteiger partial charge in [-0.2, -0.15) is 13.2 Å². The highest BCUT2D eigenvalue weighted by molar-refractivity contribution is 7.22. The Balaban J connectivity index is 1.78. The molecular formula is C16H12F3N3O3S. The summed E-state index contributed by atoms with van der Waals surface area (Å²) >= 11 is 1.19. The van der Waals surface area contributed by atoms with Crippen molar-refractivity contribution in [2.75, 3.05) is 12.4 Å². The molecule has 0 bridgehead atoms. The summed E-state index contributed by atoms with van der Waals surface area (Å²) in [6, 6.07) is 6.64. The van der Waals surface area contributed by atoms with Crippen LogP contribution in [-0.2, 0) is 17.5 Å². The Morgan fingerprint density at radius 3 is 2.77 bits per heavy atom. The molecule has 1 aromatic carbocycles. The van der Waals surface area contributed by atoms with Crippen LogP contribution in [0.25, 0.3) is 10.2 Å². The Bertz CT molecular complexity index is 1030. The second-order valence-electron chi connectivity index (χ2n) is 5.28. The quantitative estimate of drug-likeness (QED) is 0.751. The summed E-state index contributed by atoms with van der Waals surface area (Å²) < 4.78 is 44.8. The lowest BCUT2D eigenvalue weighted by Crippen LogP contribution is -2.28. The number of carbonyl (C=O) groups is 1. The second kappa shape index (κ2) is 6.79. The maximum atomic E-state index is 12.7. The maximum absolute atomic E-state index is 12.7. The Labute approximate surface area is 148 Å². The van der Waals surface area contributed by atoms with Crippen LogP contribution in [0.4, 0.5) is 18.3 Å². The van der Waals surface area contributed by atoms with E-state index in [-0.39, 0.29) is 5.13 Å². The number of hydrogen-bond acceptors (Lipinski definition) is 5.